The number of hydrogen-bond acceptors (Lipinski definition) is 3. The molecule has 0 aromatic carbocycles. The Labute approximate surface area is 130 Å². The molecule has 1 heterocycles. The molecule has 102 valence electrons. The van der Waals surface area contributed by atoms with E-state index in [2.05, 4.69) is 27.5 Å². The van der Waals surface area contributed by atoms with E-state index in [0.29, 0.717) is 6.04 Å². The summed E-state index contributed by atoms with van der Waals surface area (Å²) in [5, 5.41) is 7.88. The predicted molar refractivity (Wildman–Crippen MR) is 87.9 cm³/mol. The molecule has 6 heteroatoms. The van der Waals surface area contributed by atoms with Crippen molar-refractivity contribution in [2.45, 2.75) is 45.2 Å². The summed E-state index contributed by atoms with van der Waals surface area (Å²) in [7, 11) is 1.82. The summed E-state index contributed by atoms with van der Waals surface area (Å²) in [6.07, 6.45) is 7.10. The molecule has 0 atom stereocenters. The molecule has 2 N–H and O–H groups in total. The number of aliphatic imine (C=N–C) groups is 1. The topological polar surface area (TPSA) is 49.3 Å². The van der Waals surface area contributed by atoms with Crippen molar-refractivity contribution < 1.29 is 0 Å². The number of aromatic nitrogens is 1. The van der Waals surface area contributed by atoms with Gasteiger partial charge in [0, 0.05) is 24.2 Å². The van der Waals surface area contributed by atoms with Crippen molar-refractivity contribution in [3.05, 3.63) is 16.1 Å². The first-order valence-electron chi connectivity index (χ1n) is 6.16. The molecule has 1 aromatic rings. The molecule has 0 saturated heterocycles. The summed E-state index contributed by atoms with van der Waals surface area (Å²) in [6.45, 7) is 2.83. The number of aryl methyl sites for hydroxylation is 1. The van der Waals surface area contributed by atoms with E-state index in [-0.39, 0.29) is 24.0 Å². The molecule has 0 spiro atoms. The van der Waals surface area contributed by atoms with Crippen molar-refractivity contribution in [2.24, 2.45) is 4.99 Å². The van der Waals surface area contributed by atoms with Gasteiger partial charge in [-0.05, 0) is 19.8 Å². The van der Waals surface area contributed by atoms with Gasteiger partial charge in [-0.1, -0.05) is 12.8 Å². The standard InChI is InChI=1S/C12H20N4S.HI/c1-9-7-14-11(17-9)8-15-12(13-2)16-10-5-3-4-6-10;/h7,10H,3-6,8H2,1-2H3,(H2,13,15,16);1H. The van der Waals surface area contributed by atoms with Crippen LogP contribution in [0.15, 0.2) is 11.2 Å². The Morgan fingerprint density at radius 2 is 2.22 bits per heavy atom. The lowest BCUT2D eigenvalue weighted by Gasteiger charge is -2.16. The fourth-order valence-electron chi connectivity index (χ4n) is 2.10. The number of rotatable bonds is 3. The maximum atomic E-state index is 4.33. The van der Waals surface area contributed by atoms with Crippen LogP contribution in [0.25, 0.3) is 0 Å². The largest absolute Gasteiger partial charge is 0.354 e. The highest BCUT2D eigenvalue weighted by molar-refractivity contribution is 14.0. The number of guanidine groups is 1. The van der Waals surface area contributed by atoms with Crippen LogP contribution in [0.5, 0.6) is 0 Å². The minimum Gasteiger partial charge on any atom is -0.354 e. The van der Waals surface area contributed by atoms with Gasteiger partial charge in [-0.25, -0.2) is 4.98 Å². The number of nitrogens with one attached hydrogen (secondary N) is 2. The third-order valence-electron chi connectivity index (χ3n) is 3.00. The van der Waals surface area contributed by atoms with Crippen molar-refractivity contribution in [3.63, 3.8) is 0 Å². The van der Waals surface area contributed by atoms with Crippen molar-refractivity contribution in [2.75, 3.05) is 7.05 Å². The van der Waals surface area contributed by atoms with Crippen molar-refractivity contribution in [3.8, 4) is 0 Å². The average molecular weight is 380 g/mol. The fourth-order valence-corrected chi connectivity index (χ4v) is 2.83. The second-order valence-corrected chi connectivity index (χ2v) is 5.74. The third-order valence-corrected chi connectivity index (χ3v) is 3.91. The number of halogens is 1. The van der Waals surface area contributed by atoms with Crippen molar-refractivity contribution in [1.29, 1.82) is 0 Å². The molecule has 0 aliphatic heterocycles. The smallest absolute Gasteiger partial charge is 0.191 e. The first-order valence-corrected chi connectivity index (χ1v) is 6.98. The summed E-state index contributed by atoms with van der Waals surface area (Å²) in [6, 6.07) is 0.597. The van der Waals surface area contributed by atoms with E-state index in [1.807, 2.05) is 13.2 Å². The minimum atomic E-state index is 0. The van der Waals surface area contributed by atoms with Gasteiger partial charge in [0.2, 0.25) is 0 Å². The Kier molecular flexibility index (Phi) is 6.91. The van der Waals surface area contributed by atoms with Crippen LogP contribution in [-0.4, -0.2) is 24.0 Å². The van der Waals surface area contributed by atoms with E-state index in [9.17, 15) is 0 Å². The van der Waals surface area contributed by atoms with E-state index >= 15 is 0 Å². The van der Waals surface area contributed by atoms with E-state index < -0.39 is 0 Å². The molecule has 2 rings (SSSR count). The second kappa shape index (κ2) is 7.93. The molecule has 18 heavy (non-hydrogen) atoms. The molecule has 1 aromatic heterocycles. The molecule has 4 nitrogen and oxygen atoms in total. The number of hydrogen-bond donors (Lipinski definition) is 2. The van der Waals surface area contributed by atoms with Crippen LogP contribution in [0.2, 0.25) is 0 Å². The monoisotopic (exact) mass is 380 g/mol. The Morgan fingerprint density at radius 1 is 1.50 bits per heavy atom. The summed E-state index contributed by atoms with van der Waals surface area (Å²) in [5.74, 6) is 0.893. The molecular formula is C12H21IN4S. The van der Waals surface area contributed by atoms with Crippen LogP contribution in [0.4, 0.5) is 0 Å². The van der Waals surface area contributed by atoms with Gasteiger partial charge < -0.3 is 10.6 Å². The Bertz CT molecular complexity index is 385. The first-order chi connectivity index (χ1) is 8.28. The Balaban J connectivity index is 0.00000162. The highest BCUT2D eigenvalue weighted by Gasteiger charge is 2.15. The van der Waals surface area contributed by atoms with Crippen LogP contribution in [0.3, 0.4) is 0 Å². The van der Waals surface area contributed by atoms with E-state index in [0.717, 1.165) is 17.5 Å². The van der Waals surface area contributed by atoms with Gasteiger partial charge in [-0.15, -0.1) is 35.3 Å². The van der Waals surface area contributed by atoms with Crippen LogP contribution in [0.1, 0.15) is 35.6 Å². The van der Waals surface area contributed by atoms with Gasteiger partial charge in [0.05, 0.1) is 6.54 Å². The SMILES string of the molecule is CN=C(NCc1ncc(C)s1)NC1CCCC1.I. The zero-order valence-electron chi connectivity index (χ0n) is 10.9. The van der Waals surface area contributed by atoms with Gasteiger partial charge in [0.15, 0.2) is 5.96 Å². The van der Waals surface area contributed by atoms with Crippen molar-refractivity contribution in [1.82, 2.24) is 15.6 Å². The van der Waals surface area contributed by atoms with Crippen LogP contribution >= 0.6 is 35.3 Å². The van der Waals surface area contributed by atoms with E-state index in [4.69, 9.17) is 0 Å². The normalized spacial score (nSPS) is 16.4. The lowest BCUT2D eigenvalue weighted by Crippen LogP contribution is -2.41. The Morgan fingerprint density at radius 3 is 2.78 bits per heavy atom. The van der Waals surface area contributed by atoms with Crippen LogP contribution < -0.4 is 10.6 Å². The van der Waals surface area contributed by atoms with Gasteiger partial charge in [-0.2, -0.15) is 0 Å². The minimum absolute atomic E-state index is 0. The average Bonchev–Trinajstić information content (AvgIpc) is 2.96. The Hall–Kier alpha value is -0.370. The van der Waals surface area contributed by atoms with E-state index in [1.165, 1.54) is 30.6 Å². The van der Waals surface area contributed by atoms with Crippen LogP contribution in [-0.2, 0) is 6.54 Å². The first kappa shape index (κ1) is 15.7. The maximum absolute atomic E-state index is 4.33. The molecule has 1 aliphatic carbocycles. The molecular weight excluding hydrogens is 359 g/mol. The highest BCUT2D eigenvalue weighted by atomic mass is 127. The predicted octanol–water partition coefficient (Wildman–Crippen LogP) is 2.68. The highest BCUT2D eigenvalue weighted by Crippen LogP contribution is 2.17. The lowest BCUT2D eigenvalue weighted by atomic mass is 10.2. The van der Waals surface area contributed by atoms with Gasteiger partial charge in [0.1, 0.15) is 5.01 Å². The van der Waals surface area contributed by atoms with Gasteiger partial charge >= 0.3 is 0 Å². The fraction of sp³-hybridized carbons (Fsp3) is 0.667. The number of nitrogens with zero attached hydrogens (tertiary/aromatic N) is 2. The molecule has 1 fully saturated rings. The molecule has 0 radical (unpaired) electrons. The third kappa shape index (κ3) is 4.72. The molecule has 0 bridgehead atoms. The summed E-state index contributed by atoms with van der Waals surface area (Å²) in [4.78, 5) is 9.82. The zero-order valence-corrected chi connectivity index (χ0v) is 14.0. The lowest BCUT2D eigenvalue weighted by molar-refractivity contribution is 0.613. The zero-order chi connectivity index (χ0) is 12.1. The van der Waals surface area contributed by atoms with Crippen LogP contribution in [0, 0.1) is 6.92 Å². The quantitative estimate of drug-likeness (QED) is 0.482. The summed E-state index contributed by atoms with van der Waals surface area (Å²) in [5.41, 5.74) is 0. The number of thiazole rings is 1. The molecule has 1 saturated carbocycles. The van der Waals surface area contributed by atoms with Gasteiger partial charge in [-0.3, -0.25) is 4.99 Å². The summed E-state index contributed by atoms with van der Waals surface area (Å²) < 4.78 is 0. The molecule has 0 amide bonds. The summed E-state index contributed by atoms with van der Waals surface area (Å²) >= 11 is 1.73. The molecule has 1 aliphatic rings. The second-order valence-electron chi connectivity index (χ2n) is 4.42. The van der Waals surface area contributed by atoms with E-state index in [1.54, 1.807) is 11.3 Å². The van der Waals surface area contributed by atoms with Crippen molar-refractivity contribution >= 4 is 41.3 Å². The van der Waals surface area contributed by atoms with Gasteiger partial charge in [0.25, 0.3) is 0 Å². The molecule has 0 unspecified atom stereocenters. The maximum Gasteiger partial charge on any atom is 0.191 e.